The van der Waals surface area contributed by atoms with E-state index in [-0.39, 0.29) is 0 Å². The Morgan fingerprint density at radius 2 is 0.763 bits per heavy atom. The van der Waals surface area contributed by atoms with Gasteiger partial charge in [-0.15, -0.1) is 0 Å². The van der Waals surface area contributed by atoms with Gasteiger partial charge in [-0.1, -0.05) is 164 Å². The third-order valence-corrected chi connectivity index (χ3v) is 14.6. The molecule has 0 aliphatic carbocycles. The van der Waals surface area contributed by atoms with E-state index in [1.165, 1.54) is 42.6 Å². The van der Waals surface area contributed by atoms with Crippen LogP contribution in [-0.2, 0) is 0 Å². The molecule has 0 aliphatic rings. The zero-order chi connectivity index (χ0) is 26.0. The van der Waals surface area contributed by atoms with E-state index in [1.54, 1.807) is 0 Å². The Hall–Kier alpha value is -3.82. The summed E-state index contributed by atoms with van der Waals surface area (Å²) >= 11 is 0. The maximum atomic E-state index is 5.04. The van der Waals surface area contributed by atoms with Gasteiger partial charge >= 0.3 is 0 Å². The van der Waals surface area contributed by atoms with Gasteiger partial charge in [-0.05, 0) is 62.4 Å². The second-order valence-corrected chi connectivity index (χ2v) is 15.9. The summed E-state index contributed by atoms with van der Waals surface area (Å²) in [6, 6.07) is 56.9. The van der Waals surface area contributed by atoms with E-state index in [0.717, 1.165) is 0 Å². The second-order valence-electron chi connectivity index (χ2n) is 9.64. The van der Waals surface area contributed by atoms with Gasteiger partial charge in [0, 0.05) is 0 Å². The first-order valence-electron chi connectivity index (χ1n) is 12.8. The number of hydrogen-bond acceptors (Lipinski definition) is 0. The van der Waals surface area contributed by atoms with Crippen molar-refractivity contribution in [2.24, 2.45) is 0 Å². The fourth-order valence-corrected chi connectivity index (χ4v) is 11.5. The number of hydrogen-bond donors (Lipinski definition) is 0. The van der Waals surface area contributed by atoms with Crippen molar-refractivity contribution in [3.63, 3.8) is 0 Å². The van der Waals surface area contributed by atoms with Crippen molar-refractivity contribution in [3.8, 4) is 0 Å². The minimum absolute atomic E-state index is 1.24. The number of fused-ring (bicyclic) bond motifs is 1. The summed E-state index contributed by atoms with van der Waals surface area (Å²) in [7, 11) is 0. The molecule has 0 nitrogen and oxygen atoms in total. The van der Waals surface area contributed by atoms with Crippen LogP contribution in [0.3, 0.4) is 0 Å². The minimum atomic E-state index is -2.15. The smallest absolute Gasteiger partial charge is 0.00871 e. The van der Waals surface area contributed by atoms with Crippen LogP contribution in [0.1, 0.15) is 0 Å². The van der Waals surface area contributed by atoms with Crippen LogP contribution in [0.15, 0.2) is 158 Å². The summed E-state index contributed by atoms with van der Waals surface area (Å²) in [5, 5.41) is 10.2. The van der Waals surface area contributed by atoms with Gasteiger partial charge in [-0.3, -0.25) is 0 Å². The van der Waals surface area contributed by atoms with Gasteiger partial charge in [0.05, 0.1) is 0 Å². The molecule has 0 amide bonds. The molecular weight excluding hydrogens is 494 g/mol. The number of benzene rings is 6. The first kappa shape index (κ1) is 24.5. The predicted molar refractivity (Wildman–Crippen MR) is 176 cm³/mol. The van der Waals surface area contributed by atoms with Crippen LogP contribution in [0, 0.1) is 0 Å². The molecule has 0 bridgehead atoms. The lowest BCUT2D eigenvalue weighted by molar-refractivity contribution is 1.74. The van der Waals surface area contributed by atoms with Crippen LogP contribution in [0.4, 0.5) is 0 Å². The van der Waals surface area contributed by atoms with Crippen LogP contribution in [-0.4, -0.2) is 12.6 Å². The third-order valence-electron chi connectivity index (χ3n) is 7.48. The lowest BCUT2D eigenvalue weighted by Crippen LogP contribution is -2.28. The first-order chi connectivity index (χ1) is 18.6. The Balaban J connectivity index is 1.66. The Bertz CT molecular complexity index is 1700. The molecule has 0 N–H and O–H groups in total. The van der Waals surface area contributed by atoms with Crippen LogP contribution in [0.25, 0.3) is 10.8 Å². The molecule has 0 aromatic heterocycles. The van der Waals surface area contributed by atoms with E-state index in [1.807, 2.05) is 0 Å². The van der Waals surface area contributed by atoms with Gasteiger partial charge in [0.2, 0.25) is 0 Å². The number of rotatable bonds is 6. The van der Waals surface area contributed by atoms with Crippen molar-refractivity contribution in [2.75, 3.05) is 0 Å². The van der Waals surface area contributed by atoms with Gasteiger partial charge < -0.3 is 0 Å². The quantitative estimate of drug-likeness (QED) is 0.225. The average molecular weight is 525 g/mol. The van der Waals surface area contributed by atoms with Gasteiger partial charge in [-0.25, -0.2) is 0 Å². The molecule has 0 heterocycles. The normalized spacial score (nSPS) is 11.9. The summed E-state index contributed by atoms with van der Waals surface area (Å²) in [5.41, 5.74) is 0. The second kappa shape index (κ2) is 10.2. The van der Waals surface area contributed by atoms with E-state index in [2.05, 4.69) is 158 Å². The Morgan fingerprint density at radius 3 is 1.21 bits per heavy atom. The van der Waals surface area contributed by atoms with Crippen LogP contribution in [0.2, 0.25) is 0 Å². The zero-order valence-electron chi connectivity index (χ0n) is 21.3. The third kappa shape index (κ3) is 4.12. The highest BCUT2D eigenvalue weighted by Crippen LogP contribution is 2.46. The lowest BCUT2D eigenvalue weighted by atomic mass is 10.1. The molecule has 38 heavy (non-hydrogen) atoms. The summed E-state index contributed by atoms with van der Waals surface area (Å²) in [6.45, 7) is -4.25. The van der Waals surface area contributed by atoms with Crippen molar-refractivity contribution in [1.82, 2.24) is 0 Å². The van der Waals surface area contributed by atoms with Crippen molar-refractivity contribution in [1.29, 1.82) is 0 Å². The summed E-state index contributed by atoms with van der Waals surface area (Å²) < 4.78 is 0. The van der Waals surface area contributed by atoms with Gasteiger partial charge in [-0.2, -0.15) is 0 Å². The molecule has 184 valence electrons. The lowest BCUT2D eigenvalue weighted by Gasteiger charge is -2.30. The standard InChI is InChI=1S/C36H30P2/c1-37(30-17-7-3-8-18-30,31-19-9-4-10-20-31)34-27-26-29-16-15-25-36(35(29)28-34)38(2,32-21-11-5-12-22-32)33-23-13-6-14-24-33/h3-28H,1-2H2. The van der Waals surface area contributed by atoms with Crippen molar-refractivity contribution < 1.29 is 0 Å². The maximum Gasteiger partial charge on any atom is -0.00871 e. The largest absolute Gasteiger partial charge is 0.0887 e. The zero-order valence-corrected chi connectivity index (χ0v) is 23.1. The molecule has 0 saturated heterocycles. The van der Waals surface area contributed by atoms with E-state index >= 15 is 0 Å². The molecule has 0 fully saturated rings. The van der Waals surface area contributed by atoms with Crippen LogP contribution < -0.4 is 31.8 Å². The van der Waals surface area contributed by atoms with Crippen molar-refractivity contribution in [2.45, 2.75) is 0 Å². The minimum Gasteiger partial charge on any atom is -0.0887 e. The summed E-state index contributed by atoms with van der Waals surface area (Å²) in [6.07, 6.45) is 10.0. The Labute approximate surface area is 226 Å². The van der Waals surface area contributed by atoms with Crippen molar-refractivity contribution in [3.05, 3.63) is 158 Å². The van der Waals surface area contributed by atoms with Gasteiger partial charge in [0.25, 0.3) is 0 Å². The van der Waals surface area contributed by atoms with E-state index in [4.69, 9.17) is 12.6 Å². The molecule has 6 rings (SSSR count). The van der Waals surface area contributed by atoms with E-state index in [9.17, 15) is 0 Å². The molecule has 0 saturated carbocycles. The molecule has 0 spiro atoms. The first-order valence-corrected chi connectivity index (χ1v) is 16.8. The molecule has 6 aromatic carbocycles. The van der Waals surface area contributed by atoms with Crippen molar-refractivity contribution >= 4 is 69.0 Å². The van der Waals surface area contributed by atoms with Gasteiger partial charge in [0.1, 0.15) is 0 Å². The molecule has 0 radical (unpaired) electrons. The van der Waals surface area contributed by atoms with Gasteiger partial charge in [0.15, 0.2) is 0 Å². The SMILES string of the molecule is C=P(c1ccccc1)(c1ccccc1)c1ccc2cccc(P(=C)(c3ccccc3)c3ccccc3)c2c1. The highest BCUT2D eigenvalue weighted by atomic mass is 31.2. The maximum absolute atomic E-state index is 5.04. The van der Waals surface area contributed by atoms with Crippen LogP contribution in [0.5, 0.6) is 0 Å². The van der Waals surface area contributed by atoms with E-state index < -0.39 is 13.8 Å². The Kier molecular flexibility index (Phi) is 6.55. The molecule has 0 unspecified atom stereocenters. The van der Waals surface area contributed by atoms with Crippen LogP contribution >= 0.6 is 13.8 Å². The molecule has 0 atom stereocenters. The highest BCUT2D eigenvalue weighted by Gasteiger charge is 2.26. The monoisotopic (exact) mass is 524 g/mol. The predicted octanol–water partition coefficient (Wildman–Crippen LogP) is 6.29. The fourth-order valence-electron chi connectivity index (χ4n) is 5.42. The summed E-state index contributed by atoms with van der Waals surface area (Å²) in [4.78, 5) is 0. The Morgan fingerprint density at radius 1 is 0.342 bits per heavy atom. The fraction of sp³-hybridized carbons (Fsp3) is 0. The molecule has 6 aromatic rings. The molecule has 2 heteroatoms. The van der Waals surface area contributed by atoms with E-state index in [0.29, 0.717) is 0 Å². The topological polar surface area (TPSA) is 0 Å². The molecular formula is C36H30P2. The summed E-state index contributed by atoms with van der Waals surface area (Å²) in [5.74, 6) is 0. The molecule has 0 aliphatic heterocycles. The highest BCUT2D eigenvalue weighted by molar-refractivity contribution is 7.94. The average Bonchev–Trinajstić information content (AvgIpc) is 3.01.